The summed E-state index contributed by atoms with van der Waals surface area (Å²) < 4.78 is 48.8. The first-order valence-electron chi connectivity index (χ1n) is 7.99. The van der Waals surface area contributed by atoms with Gasteiger partial charge in [-0.1, -0.05) is 0 Å². The molecule has 0 bridgehead atoms. The van der Waals surface area contributed by atoms with Crippen molar-refractivity contribution < 1.29 is 27.1 Å². The maximum absolute atomic E-state index is 12.9. The van der Waals surface area contributed by atoms with E-state index < -0.39 is 21.7 Å². The number of methoxy groups -OCH3 is 2. The number of nitrogens with zero attached hydrogens (tertiary/aromatic N) is 1. The van der Waals surface area contributed by atoms with Gasteiger partial charge in [0.25, 0.3) is 5.91 Å². The number of benzene rings is 2. The number of halogens is 1. The molecular formula is C18H21FN2O5S. The molecule has 0 saturated heterocycles. The molecule has 0 aliphatic carbocycles. The van der Waals surface area contributed by atoms with Gasteiger partial charge in [0.15, 0.2) is 11.5 Å². The minimum atomic E-state index is -3.59. The standard InChI is InChI=1S/C18H21FN2O5S/c1-25-16-9-8-15(12-17(16)26-2)21(27(3,23)24)11-10-20-18(22)13-4-6-14(19)7-5-13/h4-9,12H,10-11H2,1-3H3,(H,20,22). The molecule has 0 heterocycles. The van der Waals surface area contributed by atoms with Gasteiger partial charge in [-0.15, -0.1) is 0 Å². The van der Waals surface area contributed by atoms with Gasteiger partial charge in [0.2, 0.25) is 10.0 Å². The lowest BCUT2D eigenvalue weighted by Crippen LogP contribution is -2.38. The van der Waals surface area contributed by atoms with Gasteiger partial charge in [0.1, 0.15) is 5.82 Å². The van der Waals surface area contributed by atoms with E-state index in [4.69, 9.17) is 9.47 Å². The number of hydrogen-bond acceptors (Lipinski definition) is 5. The molecule has 0 spiro atoms. The minimum Gasteiger partial charge on any atom is -0.493 e. The van der Waals surface area contributed by atoms with E-state index in [-0.39, 0.29) is 18.7 Å². The van der Waals surface area contributed by atoms with Crippen LogP contribution in [-0.4, -0.2) is 47.9 Å². The van der Waals surface area contributed by atoms with Crippen molar-refractivity contribution in [1.82, 2.24) is 5.32 Å². The molecule has 2 aromatic carbocycles. The van der Waals surface area contributed by atoms with Crippen LogP contribution in [0.15, 0.2) is 42.5 Å². The van der Waals surface area contributed by atoms with E-state index in [1.807, 2.05) is 0 Å². The van der Waals surface area contributed by atoms with Crippen molar-refractivity contribution >= 4 is 21.6 Å². The smallest absolute Gasteiger partial charge is 0.251 e. The highest BCUT2D eigenvalue weighted by molar-refractivity contribution is 7.92. The van der Waals surface area contributed by atoms with E-state index in [0.29, 0.717) is 17.2 Å². The summed E-state index contributed by atoms with van der Waals surface area (Å²) in [5.74, 6) is -0.00247. The van der Waals surface area contributed by atoms with Crippen LogP contribution >= 0.6 is 0 Å². The van der Waals surface area contributed by atoms with Crippen LogP contribution in [0.4, 0.5) is 10.1 Å². The van der Waals surface area contributed by atoms with Gasteiger partial charge in [0.05, 0.1) is 32.7 Å². The number of ether oxygens (including phenoxy) is 2. The minimum absolute atomic E-state index is 0.0151. The van der Waals surface area contributed by atoms with Crippen molar-refractivity contribution in [3.63, 3.8) is 0 Å². The average Bonchev–Trinajstić information content (AvgIpc) is 2.64. The Bertz CT molecular complexity index is 900. The molecule has 1 amide bonds. The molecule has 0 aromatic heterocycles. The van der Waals surface area contributed by atoms with E-state index in [0.717, 1.165) is 10.6 Å². The number of rotatable bonds is 8. The molecule has 0 atom stereocenters. The van der Waals surface area contributed by atoms with Crippen LogP contribution in [0, 0.1) is 5.82 Å². The Kier molecular flexibility index (Phi) is 6.62. The zero-order chi connectivity index (χ0) is 20.0. The highest BCUT2D eigenvalue weighted by Gasteiger charge is 2.19. The van der Waals surface area contributed by atoms with Crippen LogP contribution in [0.25, 0.3) is 0 Å². The zero-order valence-electron chi connectivity index (χ0n) is 15.2. The monoisotopic (exact) mass is 396 g/mol. The van der Waals surface area contributed by atoms with Crippen molar-refractivity contribution in [1.29, 1.82) is 0 Å². The predicted molar refractivity (Wildman–Crippen MR) is 100 cm³/mol. The molecule has 146 valence electrons. The third-order valence-electron chi connectivity index (χ3n) is 3.76. The van der Waals surface area contributed by atoms with E-state index in [9.17, 15) is 17.6 Å². The van der Waals surface area contributed by atoms with Crippen LogP contribution in [-0.2, 0) is 10.0 Å². The molecule has 0 saturated carbocycles. The second-order valence-electron chi connectivity index (χ2n) is 5.64. The van der Waals surface area contributed by atoms with Crippen LogP contribution < -0.4 is 19.1 Å². The number of nitrogens with one attached hydrogen (secondary N) is 1. The van der Waals surface area contributed by atoms with Crippen molar-refractivity contribution in [2.45, 2.75) is 0 Å². The third-order valence-corrected chi connectivity index (χ3v) is 4.96. The van der Waals surface area contributed by atoms with E-state index in [2.05, 4.69) is 5.32 Å². The fourth-order valence-corrected chi connectivity index (χ4v) is 3.36. The highest BCUT2D eigenvalue weighted by atomic mass is 32.2. The van der Waals surface area contributed by atoms with Gasteiger partial charge < -0.3 is 14.8 Å². The van der Waals surface area contributed by atoms with Crippen LogP contribution in [0.2, 0.25) is 0 Å². The molecule has 1 N–H and O–H groups in total. The normalized spacial score (nSPS) is 11.0. The molecule has 0 aliphatic heterocycles. The Morgan fingerprint density at radius 2 is 1.70 bits per heavy atom. The Morgan fingerprint density at radius 1 is 1.07 bits per heavy atom. The summed E-state index contributed by atoms with van der Waals surface area (Å²) in [6, 6.07) is 9.80. The molecule has 9 heteroatoms. The molecular weight excluding hydrogens is 375 g/mol. The number of carbonyl (C=O) groups is 1. The predicted octanol–water partition coefficient (Wildman–Crippen LogP) is 2.04. The molecule has 0 fully saturated rings. The maximum Gasteiger partial charge on any atom is 0.251 e. The van der Waals surface area contributed by atoms with Crippen molar-refractivity contribution in [3.8, 4) is 11.5 Å². The lowest BCUT2D eigenvalue weighted by Gasteiger charge is -2.23. The van der Waals surface area contributed by atoms with Gasteiger partial charge in [-0.2, -0.15) is 0 Å². The van der Waals surface area contributed by atoms with Gasteiger partial charge in [-0.3, -0.25) is 9.10 Å². The lowest BCUT2D eigenvalue weighted by molar-refractivity contribution is 0.0955. The van der Waals surface area contributed by atoms with E-state index >= 15 is 0 Å². The summed E-state index contributed by atoms with van der Waals surface area (Å²) in [7, 11) is -0.658. The number of amides is 1. The molecule has 0 radical (unpaired) electrons. The summed E-state index contributed by atoms with van der Waals surface area (Å²) in [5, 5.41) is 2.62. The van der Waals surface area contributed by atoms with Crippen LogP contribution in [0.3, 0.4) is 0 Å². The second-order valence-corrected chi connectivity index (χ2v) is 7.54. The SMILES string of the molecule is COc1ccc(N(CCNC(=O)c2ccc(F)cc2)S(C)(=O)=O)cc1OC. The van der Waals surface area contributed by atoms with Gasteiger partial charge in [0, 0.05) is 18.2 Å². The number of anilines is 1. The lowest BCUT2D eigenvalue weighted by atomic mass is 10.2. The molecule has 0 aliphatic rings. The molecule has 27 heavy (non-hydrogen) atoms. The highest BCUT2D eigenvalue weighted by Crippen LogP contribution is 2.32. The molecule has 2 aromatic rings. The summed E-state index contributed by atoms with van der Waals surface area (Å²) in [6.45, 7) is 0.0822. The summed E-state index contributed by atoms with van der Waals surface area (Å²) in [5.41, 5.74) is 0.666. The Morgan fingerprint density at radius 3 is 2.26 bits per heavy atom. The second kappa shape index (κ2) is 8.72. The van der Waals surface area contributed by atoms with E-state index in [1.54, 1.807) is 18.2 Å². The zero-order valence-corrected chi connectivity index (χ0v) is 16.0. The Balaban J connectivity index is 2.12. The fourth-order valence-electron chi connectivity index (χ4n) is 2.44. The number of hydrogen-bond donors (Lipinski definition) is 1. The first-order chi connectivity index (χ1) is 12.8. The van der Waals surface area contributed by atoms with Gasteiger partial charge >= 0.3 is 0 Å². The molecule has 2 rings (SSSR count). The first-order valence-corrected chi connectivity index (χ1v) is 9.84. The average molecular weight is 396 g/mol. The topological polar surface area (TPSA) is 84.9 Å². The molecule has 7 nitrogen and oxygen atoms in total. The van der Waals surface area contributed by atoms with Gasteiger partial charge in [-0.25, -0.2) is 12.8 Å². The van der Waals surface area contributed by atoms with Crippen molar-refractivity contribution in [3.05, 3.63) is 53.8 Å². The van der Waals surface area contributed by atoms with Crippen LogP contribution in [0.5, 0.6) is 11.5 Å². The first kappa shape index (κ1) is 20.5. The van der Waals surface area contributed by atoms with Gasteiger partial charge in [-0.05, 0) is 36.4 Å². The third kappa shape index (κ3) is 5.33. The molecule has 0 unspecified atom stereocenters. The van der Waals surface area contributed by atoms with Crippen LogP contribution in [0.1, 0.15) is 10.4 Å². The largest absolute Gasteiger partial charge is 0.493 e. The quantitative estimate of drug-likeness (QED) is 0.738. The fraction of sp³-hybridized carbons (Fsp3) is 0.278. The van der Waals surface area contributed by atoms with Crippen molar-refractivity contribution in [2.24, 2.45) is 0 Å². The summed E-state index contributed by atoms with van der Waals surface area (Å²) in [4.78, 5) is 12.1. The Hall–Kier alpha value is -2.81. The van der Waals surface area contributed by atoms with Crippen molar-refractivity contribution in [2.75, 3.05) is 37.9 Å². The number of sulfonamides is 1. The maximum atomic E-state index is 12.9. The number of carbonyl (C=O) groups excluding carboxylic acids is 1. The summed E-state index contributed by atoms with van der Waals surface area (Å²) >= 11 is 0. The summed E-state index contributed by atoms with van der Waals surface area (Å²) in [6.07, 6.45) is 1.07. The van der Waals surface area contributed by atoms with E-state index in [1.165, 1.54) is 38.5 Å². The Labute approximate surface area is 157 Å².